The zero-order chi connectivity index (χ0) is 24.7. The highest BCUT2D eigenvalue weighted by Crippen LogP contribution is 2.41. The van der Waals surface area contributed by atoms with E-state index in [1.165, 1.54) is 0 Å². The minimum atomic E-state index is -1.08. The number of Topliss-reactive ketones (excluding diaryl/α,β-unsaturated/α-hetero) is 1. The van der Waals surface area contributed by atoms with Crippen LogP contribution < -0.4 is 0 Å². The van der Waals surface area contributed by atoms with Gasteiger partial charge in [0.05, 0.1) is 17.0 Å². The number of imide groups is 1. The molecule has 1 heterocycles. The molecule has 0 spiro atoms. The highest BCUT2D eigenvalue weighted by atomic mass is 35.5. The summed E-state index contributed by atoms with van der Waals surface area (Å²) >= 11 is 5.95. The van der Waals surface area contributed by atoms with Crippen LogP contribution in [0.3, 0.4) is 0 Å². The topological polar surface area (TPSA) is 91.8 Å². The monoisotopic (exact) mass is 487 g/mol. The molecule has 3 aromatic rings. The summed E-state index contributed by atoms with van der Waals surface area (Å²) in [7, 11) is 0. The van der Waals surface area contributed by atoms with Crippen molar-refractivity contribution in [2.24, 2.45) is 17.8 Å². The largest absolute Gasteiger partial charge is 0.481 e. The standard InChI is InChI=1S/C28H22ClNO5/c29-20-12-9-17(10-13-20)16-5-7-18(8-6-16)25(31)23-14-11-19(24(23)28(34)35)15-30-26(32)21-3-1-2-4-22(21)27(30)33/h1-10,12-13,19,23-24H,11,14-15H2,(H,34,35)/t19-,23-,24?/m0/s1. The Morgan fingerprint density at radius 1 is 0.829 bits per heavy atom. The number of benzene rings is 3. The van der Waals surface area contributed by atoms with Crippen LogP contribution in [-0.4, -0.2) is 40.1 Å². The van der Waals surface area contributed by atoms with Crippen molar-refractivity contribution >= 4 is 35.2 Å². The van der Waals surface area contributed by atoms with Crippen LogP contribution in [-0.2, 0) is 4.79 Å². The number of hydrogen-bond donors (Lipinski definition) is 1. The van der Waals surface area contributed by atoms with Gasteiger partial charge in [-0.3, -0.25) is 24.1 Å². The fraction of sp³-hybridized carbons (Fsp3) is 0.214. The van der Waals surface area contributed by atoms with Crippen LogP contribution in [0, 0.1) is 17.8 Å². The first-order valence-electron chi connectivity index (χ1n) is 11.4. The zero-order valence-electron chi connectivity index (χ0n) is 18.7. The third-order valence-electron chi connectivity index (χ3n) is 7.05. The van der Waals surface area contributed by atoms with Gasteiger partial charge in [-0.1, -0.05) is 60.1 Å². The highest BCUT2D eigenvalue weighted by Gasteiger charge is 2.47. The van der Waals surface area contributed by atoms with Crippen LogP contribution in [0.25, 0.3) is 11.1 Å². The maximum atomic E-state index is 13.3. The average molecular weight is 488 g/mol. The van der Waals surface area contributed by atoms with Crippen LogP contribution in [0.15, 0.2) is 72.8 Å². The van der Waals surface area contributed by atoms with Crippen molar-refractivity contribution in [1.82, 2.24) is 4.90 Å². The fourth-order valence-corrected chi connectivity index (χ4v) is 5.40. The first-order valence-corrected chi connectivity index (χ1v) is 11.8. The molecule has 5 rings (SSSR count). The number of halogens is 1. The molecule has 35 heavy (non-hydrogen) atoms. The molecule has 1 fully saturated rings. The molecule has 1 N–H and O–H groups in total. The van der Waals surface area contributed by atoms with Crippen molar-refractivity contribution < 1.29 is 24.3 Å². The Hall–Kier alpha value is -3.77. The van der Waals surface area contributed by atoms with E-state index >= 15 is 0 Å². The molecule has 1 aliphatic heterocycles. The van der Waals surface area contributed by atoms with Gasteiger partial charge in [-0.15, -0.1) is 0 Å². The van der Waals surface area contributed by atoms with Gasteiger partial charge in [0.15, 0.2) is 5.78 Å². The summed E-state index contributed by atoms with van der Waals surface area (Å²) in [6.07, 6.45) is 0.839. The lowest BCUT2D eigenvalue weighted by Gasteiger charge is -2.24. The Bertz CT molecular complexity index is 1300. The van der Waals surface area contributed by atoms with Gasteiger partial charge in [0.1, 0.15) is 0 Å². The van der Waals surface area contributed by atoms with Gasteiger partial charge in [-0.05, 0) is 54.2 Å². The van der Waals surface area contributed by atoms with Gasteiger partial charge < -0.3 is 5.11 Å². The number of amides is 2. The summed E-state index contributed by atoms with van der Waals surface area (Å²) in [5, 5.41) is 10.6. The van der Waals surface area contributed by atoms with Crippen molar-refractivity contribution in [3.63, 3.8) is 0 Å². The number of ketones is 1. The van der Waals surface area contributed by atoms with E-state index < -0.39 is 35.5 Å². The predicted octanol–water partition coefficient (Wildman–Crippen LogP) is 5.21. The Labute approximate surface area is 207 Å². The average Bonchev–Trinajstić information content (AvgIpc) is 3.40. The Balaban J connectivity index is 1.33. The highest BCUT2D eigenvalue weighted by molar-refractivity contribution is 6.30. The van der Waals surface area contributed by atoms with E-state index in [0.717, 1.165) is 16.0 Å². The molecule has 0 saturated heterocycles. The number of carboxylic acids is 1. The number of carbonyl (C=O) groups is 4. The van der Waals surface area contributed by atoms with E-state index in [9.17, 15) is 24.3 Å². The van der Waals surface area contributed by atoms with E-state index in [0.29, 0.717) is 34.6 Å². The number of hydrogen-bond acceptors (Lipinski definition) is 4. The molecule has 1 aliphatic carbocycles. The van der Waals surface area contributed by atoms with E-state index in [2.05, 4.69) is 0 Å². The lowest BCUT2D eigenvalue weighted by molar-refractivity contribution is -0.144. The Morgan fingerprint density at radius 2 is 1.37 bits per heavy atom. The predicted molar refractivity (Wildman–Crippen MR) is 130 cm³/mol. The van der Waals surface area contributed by atoms with Crippen LogP contribution in [0.5, 0.6) is 0 Å². The van der Waals surface area contributed by atoms with Crippen LogP contribution in [0.1, 0.15) is 43.9 Å². The van der Waals surface area contributed by atoms with Crippen molar-refractivity contribution in [2.45, 2.75) is 12.8 Å². The molecule has 0 aromatic heterocycles. The molecule has 176 valence electrons. The van der Waals surface area contributed by atoms with Gasteiger partial charge in [0.2, 0.25) is 0 Å². The summed E-state index contributed by atoms with van der Waals surface area (Å²) in [5.74, 6) is -4.32. The molecule has 1 saturated carbocycles. The van der Waals surface area contributed by atoms with Gasteiger partial charge >= 0.3 is 5.97 Å². The quantitative estimate of drug-likeness (QED) is 0.380. The van der Waals surface area contributed by atoms with Gasteiger partial charge in [0.25, 0.3) is 11.8 Å². The molecule has 3 atom stereocenters. The van der Waals surface area contributed by atoms with E-state index in [1.807, 2.05) is 24.3 Å². The number of carboxylic acid groups (broad SMARTS) is 1. The molecule has 2 aliphatic rings. The van der Waals surface area contributed by atoms with Crippen LogP contribution in [0.4, 0.5) is 0 Å². The van der Waals surface area contributed by atoms with E-state index in [-0.39, 0.29) is 12.3 Å². The molecule has 0 radical (unpaired) electrons. The van der Waals surface area contributed by atoms with Gasteiger partial charge in [0, 0.05) is 23.0 Å². The van der Waals surface area contributed by atoms with Crippen molar-refractivity contribution in [3.8, 4) is 11.1 Å². The third-order valence-corrected chi connectivity index (χ3v) is 7.31. The summed E-state index contributed by atoms with van der Waals surface area (Å²) in [6.45, 7) is -0.0113. The number of nitrogens with zero attached hydrogens (tertiary/aromatic N) is 1. The van der Waals surface area contributed by atoms with Crippen LogP contribution >= 0.6 is 11.6 Å². The maximum absolute atomic E-state index is 13.3. The second kappa shape index (κ2) is 9.12. The molecule has 7 heteroatoms. The maximum Gasteiger partial charge on any atom is 0.307 e. The lowest BCUT2D eigenvalue weighted by atomic mass is 9.84. The molecule has 6 nitrogen and oxygen atoms in total. The Morgan fingerprint density at radius 3 is 1.91 bits per heavy atom. The first-order chi connectivity index (χ1) is 16.8. The summed E-state index contributed by atoms with van der Waals surface area (Å²) in [4.78, 5) is 52.2. The molecular weight excluding hydrogens is 466 g/mol. The SMILES string of the molecule is O=C(O)C1[C@H](CN2C(=O)c3ccccc3C2=O)CC[C@@H]1C(=O)c1ccc(-c2ccc(Cl)cc2)cc1. The molecule has 3 aromatic carbocycles. The summed E-state index contributed by atoms with van der Waals surface area (Å²) < 4.78 is 0. The van der Waals surface area contributed by atoms with Gasteiger partial charge in [-0.2, -0.15) is 0 Å². The van der Waals surface area contributed by atoms with Crippen molar-refractivity contribution in [1.29, 1.82) is 0 Å². The number of fused-ring (bicyclic) bond motifs is 1. The summed E-state index contributed by atoms with van der Waals surface area (Å²) in [5.41, 5.74) is 2.98. The fourth-order valence-electron chi connectivity index (χ4n) is 5.28. The Kier molecular flexibility index (Phi) is 5.99. The normalized spacial score (nSPS) is 21.3. The zero-order valence-corrected chi connectivity index (χ0v) is 19.4. The third kappa shape index (κ3) is 4.15. The molecular formula is C28H22ClNO5. The van der Waals surface area contributed by atoms with Crippen molar-refractivity contribution in [2.75, 3.05) is 6.54 Å². The van der Waals surface area contributed by atoms with Gasteiger partial charge in [-0.25, -0.2) is 0 Å². The molecule has 0 bridgehead atoms. The second-order valence-corrected chi connectivity index (χ2v) is 9.46. The molecule has 2 amide bonds. The minimum Gasteiger partial charge on any atom is -0.481 e. The number of rotatable bonds is 6. The smallest absolute Gasteiger partial charge is 0.307 e. The second-order valence-electron chi connectivity index (χ2n) is 9.02. The van der Waals surface area contributed by atoms with E-state index in [4.69, 9.17) is 11.6 Å². The first kappa shape index (κ1) is 23.0. The van der Waals surface area contributed by atoms with Crippen LogP contribution in [0.2, 0.25) is 5.02 Å². The van der Waals surface area contributed by atoms with E-state index in [1.54, 1.807) is 48.5 Å². The molecule has 1 unspecified atom stereocenters. The lowest BCUT2D eigenvalue weighted by Crippen LogP contribution is -2.39. The minimum absolute atomic E-state index is 0.0113. The summed E-state index contributed by atoms with van der Waals surface area (Å²) in [6, 6.07) is 21.0. The number of carbonyl (C=O) groups excluding carboxylic acids is 3. The van der Waals surface area contributed by atoms with Crippen molar-refractivity contribution in [3.05, 3.63) is 94.5 Å². The number of aliphatic carboxylic acids is 1.